The summed E-state index contributed by atoms with van der Waals surface area (Å²) in [4.78, 5) is 0. The van der Waals surface area contributed by atoms with Crippen LogP contribution in [0.2, 0.25) is 0 Å². The van der Waals surface area contributed by atoms with Crippen LogP contribution in [-0.4, -0.2) is 7.05 Å². The molecule has 1 fully saturated rings. The average molecular weight is 217 g/mol. The zero-order valence-corrected chi connectivity index (χ0v) is 12.1. The van der Waals surface area contributed by atoms with E-state index in [9.17, 15) is 0 Å². The lowest BCUT2D eigenvalue weighted by atomic mass is 10.1. The fourth-order valence-electron chi connectivity index (χ4n) is 1.42. The van der Waals surface area contributed by atoms with Gasteiger partial charge in [-0.1, -0.05) is 79.6 Å². The quantitative estimate of drug-likeness (QED) is 0.692. The molecule has 1 saturated carbocycles. The van der Waals surface area contributed by atoms with Gasteiger partial charge in [-0.25, -0.2) is 0 Å². The van der Waals surface area contributed by atoms with Crippen LogP contribution in [0.1, 0.15) is 79.6 Å². The summed E-state index contributed by atoms with van der Waals surface area (Å²) in [7, 11) is 1.50. The maximum atomic E-state index is 4.50. The minimum absolute atomic E-state index is 1.10. The monoisotopic (exact) mass is 217 g/mol. The van der Waals surface area contributed by atoms with Crippen molar-refractivity contribution in [3.8, 4) is 0 Å². The van der Waals surface area contributed by atoms with Crippen molar-refractivity contribution in [2.75, 3.05) is 7.05 Å². The molecule has 1 rings (SSSR count). The Hall–Kier alpha value is -0.0400. The van der Waals surface area contributed by atoms with E-state index in [4.69, 9.17) is 0 Å². The summed E-state index contributed by atoms with van der Waals surface area (Å²) < 4.78 is 0. The molecule has 1 aliphatic carbocycles. The Bertz CT molecular complexity index is 63.7. The molecule has 0 aromatic heterocycles. The predicted molar refractivity (Wildman–Crippen MR) is 74.3 cm³/mol. The van der Waals surface area contributed by atoms with E-state index in [1.807, 2.05) is 13.8 Å². The van der Waals surface area contributed by atoms with E-state index in [0.717, 1.165) is 5.92 Å². The van der Waals surface area contributed by atoms with Crippen LogP contribution in [0.25, 0.3) is 0 Å². The number of hydrogen-bond acceptors (Lipinski definition) is 1. The molecule has 1 nitrogen and oxygen atoms in total. The molecule has 0 bridgehead atoms. The molecule has 15 heavy (non-hydrogen) atoms. The highest BCUT2D eigenvalue weighted by atomic mass is 14.4. The van der Waals surface area contributed by atoms with Crippen molar-refractivity contribution < 1.29 is 0 Å². The van der Waals surface area contributed by atoms with E-state index >= 15 is 0 Å². The first-order valence-corrected chi connectivity index (χ1v) is 6.92. The largest absolute Gasteiger partial charge is 0.333 e. The van der Waals surface area contributed by atoms with Crippen LogP contribution in [-0.2, 0) is 0 Å². The van der Waals surface area contributed by atoms with Crippen LogP contribution in [0.15, 0.2) is 0 Å². The van der Waals surface area contributed by atoms with E-state index < -0.39 is 0 Å². The molecule has 1 heteroatoms. The van der Waals surface area contributed by atoms with Crippen molar-refractivity contribution in [1.82, 2.24) is 0 Å². The molecule has 0 aromatic rings. The molecule has 0 amide bonds. The van der Waals surface area contributed by atoms with Gasteiger partial charge in [0.15, 0.2) is 0 Å². The van der Waals surface area contributed by atoms with Crippen molar-refractivity contribution in [3.63, 3.8) is 0 Å². The number of hydrogen-bond donors (Lipinski definition) is 1. The average Bonchev–Trinajstić information content (AvgIpc) is 2.87. The molecule has 0 heterocycles. The zero-order chi connectivity index (χ0) is 12.5. The summed E-state index contributed by atoms with van der Waals surface area (Å²) in [5.74, 6) is 1.10. The van der Waals surface area contributed by atoms with E-state index in [1.165, 1.54) is 52.0 Å². The van der Waals surface area contributed by atoms with Crippen molar-refractivity contribution >= 4 is 0 Å². The van der Waals surface area contributed by atoms with Gasteiger partial charge in [0, 0.05) is 0 Å². The van der Waals surface area contributed by atoms with Gasteiger partial charge in [0.1, 0.15) is 0 Å². The molecule has 96 valence electrons. The molecule has 0 atom stereocenters. The molecule has 0 saturated heterocycles. The van der Waals surface area contributed by atoms with E-state index in [0.29, 0.717) is 0 Å². The summed E-state index contributed by atoms with van der Waals surface area (Å²) in [5, 5.41) is 0. The summed E-state index contributed by atoms with van der Waals surface area (Å²) in [5.41, 5.74) is 4.50. The highest BCUT2D eigenvalue weighted by Crippen LogP contribution is 2.26. The van der Waals surface area contributed by atoms with E-state index in [1.54, 1.807) is 0 Å². The topological polar surface area (TPSA) is 26.0 Å². The van der Waals surface area contributed by atoms with Crippen molar-refractivity contribution in [2.45, 2.75) is 79.6 Å². The van der Waals surface area contributed by atoms with Gasteiger partial charge in [0.25, 0.3) is 0 Å². The SMILES string of the molecule is CC.CCC1CCCC1.CCCC.CN. The first-order valence-electron chi connectivity index (χ1n) is 6.92. The molecule has 0 radical (unpaired) electrons. The molecule has 2 N–H and O–H groups in total. The molecule has 0 aromatic carbocycles. The van der Waals surface area contributed by atoms with Crippen LogP contribution in [0, 0.1) is 5.92 Å². The van der Waals surface area contributed by atoms with Crippen molar-refractivity contribution in [1.29, 1.82) is 0 Å². The normalized spacial score (nSPS) is 13.8. The lowest BCUT2D eigenvalue weighted by Crippen LogP contribution is -1.86. The first-order chi connectivity index (χ1) is 7.35. The van der Waals surface area contributed by atoms with Gasteiger partial charge in [-0.05, 0) is 13.0 Å². The number of unbranched alkanes of at least 4 members (excludes halogenated alkanes) is 1. The second-order valence-electron chi connectivity index (χ2n) is 3.56. The molecular formula is C14H35N. The molecule has 0 spiro atoms. The third-order valence-electron chi connectivity index (χ3n) is 2.55. The minimum Gasteiger partial charge on any atom is -0.333 e. The van der Waals surface area contributed by atoms with E-state index in [-0.39, 0.29) is 0 Å². The second-order valence-corrected chi connectivity index (χ2v) is 3.56. The van der Waals surface area contributed by atoms with Crippen molar-refractivity contribution in [3.05, 3.63) is 0 Å². The van der Waals surface area contributed by atoms with Crippen molar-refractivity contribution in [2.24, 2.45) is 11.7 Å². The number of nitrogens with two attached hydrogens (primary N) is 1. The van der Waals surface area contributed by atoms with Crippen LogP contribution >= 0.6 is 0 Å². The Morgan fingerprint density at radius 2 is 1.20 bits per heavy atom. The zero-order valence-electron chi connectivity index (χ0n) is 12.1. The maximum Gasteiger partial charge on any atom is -0.0195 e. The molecule has 0 unspecified atom stereocenters. The third kappa shape index (κ3) is 20.1. The van der Waals surface area contributed by atoms with E-state index in [2.05, 4.69) is 26.5 Å². The van der Waals surface area contributed by atoms with Gasteiger partial charge in [-0.2, -0.15) is 0 Å². The Balaban J connectivity index is -0.000000156. The lowest BCUT2D eigenvalue weighted by molar-refractivity contribution is 0.531. The standard InChI is InChI=1S/C7H14.C4H10.C2H6.CH5N/c1-2-7-5-3-4-6-7;1-3-4-2;2*1-2/h7H,2-6H2,1H3;3-4H2,1-2H3;1-2H3;2H2,1H3. The van der Waals surface area contributed by atoms with Gasteiger partial charge in [0.05, 0.1) is 0 Å². The van der Waals surface area contributed by atoms with Gasteiger partial charge < -0.3 is 5.73 Å². The highest BCUT2D eigenvalue weighted by Gasteiger charge is 2.11. The summed E-state index contributed by atoms with van der Waals surface area (Å²) >= 11 is 0. The van der Waals surface area contributed by atoms with Gasteiger partial charge in [-0.15, -0.1) is 0 Å². The minimum atomic E-state index is 1.10. The number of rotatable bonds is 2. The smallest absolute Gasteiger partial charge is 0.0195 e. The molecule has 1 aliphatic rings. The first kappa shape index (κ1) is 20.4. The highest BCUT2D eigenvalue weighted by molar-refractivity contribution is 4.64. The summed E-state index contributed by atoms with van der Waals surface area (Å²) in [6, 6.07) is 0. The Morgan fingerprint density at radius 1 is 0.867 bits per heavy atom. The Labute approximate surface area is 98.8 Å². The second kappa shape index (κ2) is 23.6. The summed E-state index contributed by atoms with van der Waals surface area (Å²) in [6.45, 7) is 10.7. The molecule has 0 aliphatic heterocycles. The third-order valence-corrected chi connectivity index (χ3v) is 2.55. The fraction of sp³-hybridized carbons (Fsp3) is 1.00. The van der Waals surface area contributed by atoms with Gasteiger partial charge >= 0.3 is 0 Å². The van der Waals surface area contributed by atoms with Gasteiger partial charge in [-0.3, -0.25) is 0 Å². The van der Waals surface area contributed by atoms with Crippen LogP contribution < -0.4 is 5.73 Å². The Morgan fingerprint density at radius 3 is 1.33 bits per heavy atom. The van der Waals surface area contributed by atoms with Crippen LogP contribution in [0.3, 0.4) is 0 Å². The fourth-order valence-corrected chi connectivity index (χ4v) is 1.42. The Kier molecular flexibility index (Phi) is 32.1. The maximum absolute atomic E-state index is 4.50. The lowest BCUT2D eigenvalue weighted by Gasteiger charge is -1.99. The van der Waals surface area contributed by atoms with Crippen LogP contribution in [0.4, 0.5) is 0 Å². The predicted octanol–water partition coefficient (Wildman–Crippen LogP) is 4.99. The summed E-state index contributed by atoms with van der Waals surface area (Å²) in [6.07, 6.45) is 10.1. The van der Waals surface area contributed by atoms with Gasteiger partial charge in [0.2, 0.25) is 0 Å². The van der Waals surface area contributed by atoms with Crippen LogP contribution in [0.5, 0.6) is 0 Å². The molecular weight excluding hydrogens is 182 g/mol.